The Hall–Kier alpha value is -0.580. The summed E-state index contributed by atoms with van der Waals surface area (Å²) in [4.78, 5) is 0. The molecule has 0 aliphatic carbocycles. The third-order valence-electron chi connectivity index (χ3n) is 3.24. The molecule has 0 fully saturated rings. The monoisotopic (exact) mass is 300 g/mol. The highest BCUT2D eigenvalue weighted by Gasteiger charge is 2.16. The molecule has 2 unspecified atom stereocenters. The molecule has 0 saturated heterocycles. The average Bonchev–Trinajstić information content (AvgIpc) is 2.36. The fourth-order valence-corrected chi connectivity index (χ4v) is 2.19. The average molecular weight is 301 g/mol. The lowest BCUT2D eigenvalue weighted by Gasteiger charge is -2.22. The predicted octanol–water partition coefficient (Wildman–Crippen LogP) is 2.88. The van der Waals surface area contributed by atoms with Gasteiger partial charge in [-0.05, 0) is 36.1 Å². The molecular weight excluding hydrogens is 280 g/mol. The Morgan fingerprint density at radius 1 is 1.47 bits per heavy atom. The number of nitrogens with one attached hydrogen (secondary N) is 1. The van der Waals surface area contributed by atoms with E-state index in [1.165, 1.54) is 5.56 Å². The highest BCUT2D eigenvalue weighted by atomic mass is 79.9. The minimum atomic E-state index is 0.281. The van der Waals surface area contributed by atoms with E-state index in [1.807, 2.05) is 12.1 Å². The van der Waals surface area contributed by atoms with Gasteiger partial charge in [0, 0.05) is 10.5 Å². The Labute approximate surface area is 112 Å². The SMILES string of the molecule is CCC(C)C(Cc1cc(OC)ccc1Br)NN. The number of methoxy groups -OCH3 is 1. The molecule has 0 heterocycles. The van der Waals surface area contributed by atoms with Crippen LogP contribution >= 0.6 is 15.9 Å². The normalized spacial score (nSPS) is 14.4. The molecule has 4 heteroatoms. The van der Waals surface area contributed by atoms with E-state index in [1.54, 1.807) is 7.11 Å². The molecule has 2 atom stereocenters. The van der Waals surface area contributed by atoms with E-state index in [0.717, 1.165) is 23.1 Å². The first kappa shape index (κ1) is 14.5. The van der Waals surface area contributed by atoms with Crippen LogP contribution in [-0.2, 0) is 6.42 Å². The zero-order valence-electron chi connectivity index (χ0n) is 10.7. The van der Waals surface area contributed by atoms with Crippen LogP contribution in [0.4, 0.5) is 0 Å². The van der Waals surface area contributed by atoms with Gasteiger partial charge in [-0.1, -0.05) is 36.2 Å². The number of benzene rings is 1. The first-order valence-electron chi connectivity index (χ1n) is 5.90. The van der Waals surface area contributed by atoms with Gasteiger partial charge in [-0.2, -0.15) is 0 Å². The summed E-state index contributed by atoms with van der Waals surface area (Å²) in [6.45, 7) is 4.38. The van der Waals surface area contributed by atoms with Gasteiger partial charge in [-0.3, -0.25) is 11.3 Å². The van der Waals surface area contributed by atoms with Gasteiger partial charge < -0.3 is 4.74 Å². The number of nitrogens with two attached hydrogens (primary N) is 1. The van der Waals surface area contributed by atoms with E-state index >= 15 is 0 Å². The highest BCUT2D eigenvalue weighted by Crippen LogP contribution is 2.25. The van der Waals surface area contributed by atoms with E-state index < -0.39 is 0 Å². The van der Waals surface area contributed by atoms with E-state index in [4.69, 9.17) is 10.6 Å². The van der Waals surface area contributed by atoms with Gasteiger partial charge in [0.15, 0.2) is 0 Å². The lowest BCUT2D eigenvalue weighted by atomic mass is 9.93. The summed E-state index contributed by atoms with van der Waals surface area (Å²) in [6.07, 6.45) is 2.00. The number of hydrazine groups is 1. The number of halogens is 1. The first-order chi connectivity index (χ1) is 8.12. The Kier molecular flexibility index (Phi) is 5.95. The van der Waals surface area contributed by atoms with Crippen molar-refractivity contribution < 1.29 is 4.74 Å². The van der Waals surface area contributed by atoms with Crippen LogP contribution in [0.5, 0.6) is 5.75 Å². The van der Waals surface area contributed by atoms with Crippen molar-refractivity contribution in [2.45, 2.75) is 32.7 Å². The molecule has 1 aromatic carbocycles. The topological polar surface area (TPSA) is 47.3 Å². The van der Waals surface area contributed by atoms with Crippen LogP contribution < -0.4 is 16.0 Å². The van der Waals surface area contributed by atoms with Crippen LogP contribution in [0.15, 0.2) is 22.7 Å². The molecule has 96 valence electrons. The van der Waals surface area contributed by atoms with Crippen LogP contribution in [0.1, 0.15) is 25.8 Å². The van der Waals surface area contributed by atoms with E-state index in [-0.39, 0.29) is 6.04 Å². The molecule has 3 nitrogen and oxygen atoms in total. The number of rotatable bonds is 6. The van der Waals surface area contributed by atoms with E-state index in [0.29, 0.717) is 5.92 Å². The second-order valence-electron chi connectivity index (χ2n) is 4.32. The maximum absolute atomic E-state index is 5.62. The van der Waals surface area contributed by atoms with Crippen LogP contribution in [0.2, 0.25) is 0 Å². The van der Waals surface area contributed by atoms with Crippen molar-refractivity contribution in [1.82, 2.24) is 5.43 Å². The quantitative estimate of drug-likeness (QED) is 0.627. The van der Waals surface area contributed by atoms with Gasteiger partial charge in [0.2, 0.25) is 0 Å². The van der Waals surface area contributed by atoms with Crippen molar-refractivity contribution in [3.63, 3.8) is 0 Å². The van der Waals surface area contributed by atoms with Crippen molar-refractivity contribution in [2.24, 2.45) is 11.8 Å². The van der Waals surface area contributed by atoms with Gasteiger partial charge in [-0.15, -0.1) is 0 Å². The zero-order valence-corrected chi connectivity index (χ0v) is 12.3. The van der Waals surface area contributed by atoms with Crippen LogP contribution in [0.3, 0.4) is 0 Å². The standard InChI is InChI=1S/C13H21BrN2O/c1-4-9(2)13(16-15)8-10-7-11(17-3)5-6-12(10)14/h5-7,9,13,16H,4,8,15H2,1-3H3. The van der Waals surface area contributed by atoms with Crippen LogP contribution in [0, 0.1) is 5.92 Å². The molecule has 0 aromatic heterocycles. The molecule has 1 rings (SSSR count). The fraction of sp³-hybridized carbons (Fsp3) is 0.538. The molecule has 0 radical (unpaired) electrons. The van der Waals surface area contributed by atoms with Crippen LogP contribution in [0.25, 0.3) is 0 Å². The maximum atomic E-state index is 5.62. The summed E-state index contributed by atoms with van der Waals surface area (Å²) < 4.78 is 6.34. The highest BCUT2D eigenvalue weighted by molar-refractivity contribution is 9.10. The number of hydrogen-bond acceptors (Lipinski definition) is 3. The molecule has 1 aromatic rings. The van der Waals surface area contributed by atoms with Gasteiger partial charge in [0.25, 0.3) is 0 Å². The molecule has 0 spiro atoms. The Balaban J connectivity index is 2.84. The van der Waals surface area contributed by atoms with Crippen molar-refractivity contribution in [2.75, 3.05) is 7.11 Å². The summed E-state index contributed by atoms with van der Waals surface area (Å²) in [6, 6.07) is 6.29. The second kappa shape index (κ2) is 6.99. The third-order valence-corrected chi connectivity index (χ3v) is 4.01. The summed E-state index contributed by atoms with van der Waals surface area (Å²) in [7, 11) is 1.68. The number of ether oxygens (including phenoxy) is 1. The summed E-state index contributed by atoms with van der Waals surface area (Å²) in [5.74, 6) is 7.04. The molecular formula is C13H21BrN2O. The van der Waals surface area contributed by atoms with Gasteiger partial charge in [0.1, 0.15) is 5.75 Å². The molecule has 17 heavy (non-hydrogen) atoms. The van der Waals surface area contributed by atoms with E-state index in [2.05, 4.69) is 41.3 Å². The van der Waals surface area contributed by atoms with Crippen molar-refractivity contribution in [3.8, 4) is 5.75 Å². The third kappa shape index (κ3) is 3.98. The van der Waals surface area contributed by atoms with Gasteiger partial charge in [0.05, 0.1) is 7.11 Å². The zero-order chi connectivity index (χ0) is 12.8. The first-order valence-corrected chi connectivity index (χ1v) is 6.70. The predicted molar refractivity (Wildman–Crippen MR) is 75.0 cm³/mol. The second-order valence-corrected chi connectivity index (χ2v) is 5.17. The Morgan fingerprint density at radius 3 is 2.71 bits per heavy atom. The smallest absolute Gasteiger partial charge is 0.119 e. The molecule has 3 N–H and O–H groups in total. The summed E-state index contributed by atoms with van der Waals surface area (Å²) in [5.41, 5.74) is 4.12. The Morgan fingerprint density at radius 2 is 2.18 bits per heavy atom. The number of hydrogen-bond donors (Lipinski definition) is 2. The maximum Gasteiger partial charge on any atom is 0.119 e. The van der Waals surface area contributed by atoms with E-state index in [9.17, 15) is 0 Å². The lowest BCUT2D eigenvalue weighted by Crippen LogP contribution is -2.41. The largest absolute Gasteiger partial charge is 0.497 e. The van der Waals surface area contributed by atoms with Gasteiger partial charge in [-0.25, -0.2) is 0 Å². The lowest BCUT2D eigenvalue weighted by molar-refractivity contribution is 0.368. The van der Waals surface area contributed by atoms with Gasteiger partial charge >= 0.3 is 0 Å². The minimum absolute atomic E-state index is 0.281. The van der Waals surface area contributed by atoms with Crippen molar-refractivity contribution in [3.05, 3.63) is 28.2 Å². The molecule has 0 aliphatic rings. The summed E-state index contributed by atoms with van der Waals surface area (Å²) >= 11 is 3.56. The Bertz CT molecular complexity index is 357. The van der Waals surface area contributed by atoms with Crippen LogP contribution in [-0.4, -0.2) is 13.2 Å². The van der Waals surface area contributed by atoms with Crippen molar-refractivity contribution in [1.29, 1.82) is 0 Å². The van der Waals surface area contributed by atoms with Crippen molar-refractivity contribution >= 4 is 15.9 Å². The molecule has 0 saturated carbocycles. The summed E-state index contributed by atoms with van der Waals surface area (Å²) in [5, 5.41) is 0. The molecule has 0 bridgehead atoms. The minimum Gasteiger partial charge on any atom is -0.497 e. The molecule has 0 aliphatic heterocycles. The molecule has 0 amide bonds. The fourth-order valence-electron chi connectivity index (χ4n) is 1.78.